The minimum atomic E-state index is -0.500. The van der Waals surface area contributed by atoms with Crippen LogP contribution in [0.25, 0.3) is 0 Å². The molecule has 0 bridgehead atoms. The molecule has 1 amide bonds. The van der Waals surface area contributed by atoms with Crippen LogP contribution in [-0.2, 0) is 14.3 Å². The summed E-state index contributed by atoms with van der Waals surface area (Å²) in [6.45, 7) is 13.4. The van der Waals surface area contributed by atoms with Crippen LogP contribution in [-0.4, -0.2) is 66.3 Å². The van der Waals surface area contributed by atoms with Crippen LogP contribution in [0.1, 0.15) is 41.5 Å². The molecule has 0 aliphatic carbocycles. The highest BCUT2D eigenvalue weighted by Gasteiger charge is 2.37. The van der Waals surface area contributed by atoms with Gasteiger partial charge < -0.3 is 14.4 Å². The number of hydrogen-bond acceptors (Lipinski definition) is 5. The summed E-state index contributed by atoms with van der Waals surface area (Å²) in [4.78, 5) is 28.0. The van der Waals surface area contributed by atoms with Gasteiger partial charge in [-0.2, -0.15) is 0 Å². The van der Waals surface area contributed by atoms with Gasteiger partial charge in [-0.1, -0.05) is 13.8 Å². The quantitative estimate of drug-likeness (QED) is 0.747. The fourth-order valence-corrected chi connectivity index (χ4v) is 2.79. The van der Waals surface area contributed by atoms with Crippen molar-refractivity contribution in [1.29, 1.82) is 0 Å². The largest absolute Gasteiger partial charge is 0.468 e. The Balaban J connectivity index is 2.72. The first-order chi connectivity index (χ1) is 10.1. The van der Waals surface area contributed by atoms with E-state index in [1.54, 1.807) is 4.90 Å². The van der Waals surface area contributed by atoms with Crippen molar-refractivity contribution in [1.82, 2.24) is 9.80 Å². The maximum atomic E-state index is 12.2. The number of methoxy groups -OCH3 is 1. The maximum Gasteiger partial charge on any atom is 0.410 e. The Morgan fingerprint density at radius 2 is 1.77 bits per heavy atom. The van der Waals surface area contributed by atoms with E-state index in [4.69, 9.17) is 9.47 Å². The number of piperazine rings is 1. The summed E-state index contributed by atoms with van der Waals surface area (Å²) >= 11 is 0. The van der Waals surface area contributed by atoms with Crippen LogP contribution in [0.2, 0.25) is 0 Å². The van der Waals surface area contributed by atoms with E-state index in [2.05, 4.69) is 4.90 Å². The highest BCUT2D eigenvalue weighted by Crippen LogP contribution is 2.20. The van der Waals surface area contributed by atoms with Crippen molar-refractivity contribution in [3.63, 3.8) is 0 Å². The zero-order chi connectivity index (χ0) is 17.1. The van der Waals surface area contributed by atoms with Crippen molar-refractivity contribution >= 4 is 12.1 Å². The van der Waals surface area contributed by atoms with E-state index in [0.29, 0.717) is 19.6 Å². The first kappa shape index (κ1) is 18.7. The fraction of sp³-hybridized carbons (Fsp3) is 0.875. The van der Waals surface area contributed by atoms with Gasteiger partial charge in [0.2, 0.25) is 0 Å². The molecular weight excluding hydrogens is 284 g/mol. The molecule has 6 heteroatoms. The molecule has 0 N–H and O–H groups in total. The highest BCUT2D eigenvalue weighted by atomic mass is 16.6. The number of rotatable bonds is 3. The van der Waals surface area contributed by atoms with Crippen LogP contribution < -0.4 is 0 Å². The van der Waals surface area contributed by atoms with E-state index >= 15 is 0 Å². The third-order valence-corrected chi connectivity index (χ3v) is 3.75. The molecule has 1 aliphatic heterocycles. The summed E-state index contributed by atoms with van der Waals surface area (Å²) in [5, 5.41) is 0. The molecule has 2 atom stereocenters. The van der Waals surface area contributed by atoms with E-state index < -0.39 is 5.60 Å². The third kappa shape index (κ3) is 4.87. The van der Waals surface area contributed by atoms with Gasteiger partial charge in [0, 0.05) is 25.7 Å². The Morgan fingerprint density at radius 1 is 1.18 bits per heavy atom. The molecule has 6 nitrogen and oxygen atoms in total. The van der Waals surface area contributed by atoms with Gasteiger partial charge in [0.1, 0.15) is 11.6 Å². The lowest BCUT2D eigenvalue weighted by Gasteiger charge is -2.43. The Labute approximate surface area is 133 Å². The van der Waals surface area contributed by atoms with E-state index in [-0.39, 0.29) is 30.1 Å². The van der Waals surface area contributed by atoms with Crippen molar-refractivity contribution in [3.05, 3.63) is 0 Å². The summed E-state index contributed by atoms with van der Waals surface area (Å²) in [5.41, 5.74) is -0.500. The van der Waals surface area contributed by atoms with Crippen LogP contribution in [0.15, 0.2) is 0 Å². The molecule has 1 rings (SSSR count). The molecule has 1 aliphatic rings. The number of amides is 1. The van der Waals surface area contributed by atoms with Gasteiger partial charge in [-0.25, -0.2) is 4.79 Å². The Bertz CT molecular complexity index is 403. The molecule has 0 radical (unpaired) electrons. The summed E-state index contributed by atoms with van der Waals surface area (Å²) in [5.74, 6) is -0.0550. The van der Waals surface area contributed by atoms with E-state index in [0.717, 1.165) is 0 Å². The van der Waals surface area contributed by atoms with Gasteiger partial charge in [-0.05, 0) is 33.6 Å². The molecule has 1 heterocycles. The number of nitrogens with zero attached hydrogens (tertiary/aromatic N) is 2. The minimum Gasteiger partial charge on any atom is -0.468 e. The molecule has 1 saturated heterocycles. The van der Waals surface area contributed by atoms with Crippen molar-refractivity contribution in [2.75, 3.05) is 26.7 Å². The van der Waals surface area contributed by atoms with Crippen molar-refractivity contribution in [2.45, 2.75) is 59.2 Å². The van der Waals surface area contributed by atoms with Gasteiger partial charge in [-0.3, -0.25) is 9.69 Å². The van der Waals surface area contributed by atoms with Crippen LogP contribution >= 0.6 is 0 Å². The number of ether oxygens (including phenoxy) is 2. The van der Waals surface area contributed by atoms with E-state index in [9.17, 15) is 9.59 Å². The topological polar surface area (TPSA) is 59.1 Å². The summed E-state index contributed by atoms with van der Waals surface area (Å²) in [6, 6.07) is -0.275. The molecule has 0 spiro atoms. The monoisotopic (exact) mass is 314 g/mol. The first-order valence-electron chi connectivity index (χ1n) is 7.88. The zero-order valence-electron chi connectivity index (χ0n) is 14.9. The lowest BCUT2D eigenvalue weighted by Crippen LogP contribution is -2.59. The number of esters is 1. The van der Waals surface area contributed by atoms with Gasteiger partial charge in [0.15, 0.2) is 0 Å². The van der Waals surface area contributed by atoms with Gasteiger partial charge in [-0.15, -0.1) is 0 Å². The highest BCUT2D eigenvalue weighted by molar-refractivity contribution is 5.76. The van der Waals surface area contributed by atoms with E-state index in [1.165, 1.54) is 7.11 Å². The summed E-state index contributed by atoms with van der Waals surface area (Å²) < 4.78 is 10.4. The Hall–Kier alpha value is -1.30. The summed E-state index contributed by atoms with van der Waals surface area (Å²) in [6.07, 6.45) is -0.293. The predicted octanol–water partition coefficient (Wildman–Crippen LogP) is 2.13. The number of hydrogen-bond donors (Lipinski definition) is 0. The van der Waals surface area contributed by atoms with Crippen molar-refractivity contribution < 1.29 is 19.1 Å². The Morgan fingerprint density at radius 3 is 2.18 bits per heavy atom. The predicted molar refractivity (Wildman–Crippen MR) is 84.6 cm³/mol. The summed E-state index contributed by atoms with van der Waals surface area (Å²) in [7, 11) is 1.41. The van der Waals surface area contributed by atoms with Crippen LogP contribution in [0.4, 0.5) is 4.79 Å². The molecule has 0 saturated carbocycles. The van der Waals surface area contributed by atoms with Gasteiger partial charge in [0.25, 0.3) is 0 Å². The van der Waals surface area contributed by atoms with Gasteiger partial charge >= 0.3 is 12.1 Å². The average molecular weight is 314 g/mol. The smallest absolute Gasteiger partial charge is 0.410 e. The Kier molecular flexibility index (Phi) is 6.23. The van der Waals surface area contributed by atoms with Crippen molar-refractivity contribution in [3.8, 4) is 0 Å². The molecule has 2 unspecified atom stereocenters. The minimum absolute atomic E-state index is 0.00509. The zero-order valence-corrected chi connectivity index (χ0v) is 14.9. The van der Waals surface area contributed by atoms with E-state index in [1.807, 2.05) is 41.5 Å². The lowest BCUT2D eigenvalue weighted by molar-refractivity contribution is -0.150. The van der Waals surface area contributed by atoms with Crippen LogP contribution in [0, 0.1) is 5.92 Å². The second-order valence-corrected chi connectivity index (χ2v) is 7.23. The second kappa shape index (κ2) is 7.31. The first-order valence-corrected chi connectivity index (χ1v) is 7.88. The molecule has 22 heavy (non-hydrogen) atoms. The van der Waals surface area contributed by atoms with Gasteiger partial charge in [0.05, 0.1) is 7.11 Å². The normalized spacial score (nSPS) is 21.6. The number of carbonyl (C=O) groups excluding carboxylic acids is 2. The second-order valence-electron chi connectivity index (χ2n) is 7.23. The van der Waals surface area contributed by atoms with Crippen LogP contribution in [0.3, 0.4) is 0 Å². The number of carbonyl (C=O) groups is 2. The fourth-order valence-electron chi connectivity index (χ4n) is 2.79. The third-order valence-electron chi connectivity index (χ3n) is 3.75. The standard InChI is InChI=1S/C16H30N2O4/c1-11(2)13(14(19)21-7)17-8-9-18(12(3)10-17)15(20)22-16(4,5)6/h11-13H,8-10H2,1-7H3. The SMILES string of the molecule is COC(=O)C(C(C)C)N1CCN(C(=O)OC(C)(C)C)C(C)C1. The molecule has 0 aromatic rings. The molecule has 1 fully saturated rings. The maximum absolute atomic E-state index is 12.2. The lowest BCUT2D eigenvalue weighted by atomic mass is 10.0. The van der Waals surface area contributed by atoms with Crippen molar-refractivity contribution in [2.24, 2.45) is 5.92 Å². The molecule has 0 aromatic carbocycles. The molecule has 128 valence electrons. The molecular formula is C16H30N2O4. The average Bonchev–Trinajstić information content (AvgIpc) is 2.36. The van der Waals surface area contributed by atoms with Crippen LogP contribution in [0.5, 0.6) is 0 Å². The molecule has 0 aromatic heterocycles.